The molecule has 2 rings (SSSR count). The van der Waals surface area contributed by atoms with Crippen LogP contribution in [0.3, 0.4) is 0 Å². The molecular formula is C16H18BrNO2. The molecule has 0 aliphatic heterocycles. The van der Waals surface area contributed by atoms with Gasteiger partial charge in [0.2, 0.25) is 0 Å². The van der Waals surface area contributed by atoms with Crippen molar-refractivity contribution in [3.8, 4) is 11.5 Å². The van der Waals surface area contributed by atoms with Crippen molar-refractivity contribution >= 4 is 21.6 Å². The van der Waals surface area contributed by atoms with Gasteiger partial charge in [-0.25, -0.2) is 0 Å². The Morgan fingerprint density at radius 2 is 1.75 bits per heavy atom. The Hall–Kier alpha value is -1.68. The summed E-state index contributed by atoms with van der Waals surface area (Å²) in [5.74, 6) is 1.52. The topological polar surface area (TPSA) is 44.5 Å². The van der Waals surface area contributed by atoms with E-state index in [9.17, 15) is 0 Å². The van der Waals surface area contributed by atoms with Crippen LogP contribution in [-0.2, 0) is 13.0 Å². The van der Waals surface area contributed by atoms with Crippen LogP contribution in [0.5, 0.6) is 11.5 Å². The van der Waals surface area contributed by atoms with E-state index in [-0.39, 0.29) is 0 Å². The van der Waals surface area contributed by atoms with E-state index >= 15 is 0 Å². The molecule has 4 heteroatoms. The third kappa shape index (κ3) is 3.45. The van der Waals surface area contributed by atoms with Crippen LogP contribution >= 0.6 is 15.9 Å². The highest BCUT2D eigenvalue weighted by Gasteiger charge is 2.04. The molecule has 0 aromatic heterocycles. The fourth-order valence-corrected chi connectivity index (χ4v) is 2.50. The van der Waals surface area contributed by atoms with Gasteiger partial charge in [0.1, 0.15) is 18.1 Å². The maximum Gasteiger partial charge on any atom is 0.142 e. The van der Waals surface area contributed by atoms with Crippen molar-refractivity contribution in [2.45, 2.75) is 20.0 Å². The first-order chi connectivity index (χ1) is 9.63. The molecule has 2 aromatic rings. The zero-order chi connectivity index (χ0) is 14.5. The van der Waals surface area contributed by atoms with E-state index in [1.165, 1.54) is 5.56 Å². The number of hydrogen-bond acceptors (Lipinski definition) is 3. The van der Waals surface area contributed by atoms with Gasteiger partial charge in [0.25, 0.3) is 0 Å². The van der Waals surface area contributed by atoms with E-state index in [2.05, 4.69) is 22.9 Å². The van der Waals surface area contributed by atoms with E-state index in [0.717, 1.165) is 22.2 Å². The summed E-state index contributed by atoms with van der Waals surface area (Å²) in [5.41, 5.74) is 8.92. The molecule has 0 amide bonds. The summed E-state index contributed by atoms with van der Waals surface area (Å²) >= 11 is 3.46. The molecule has 0 radical (unpaired) electrons. The van der Waals surface area contributed by atoms with E-state index in [1.807, 2.05) is 36.4 Å². The summed E-state index contributed by atoms with van der Waals surface area (Å²) in [6, 6.07) is 11.8. The highest BCUT2D eigenvalue weighted by atomic mass is 79.9. The van der Waals surface area contributed by atoms with Crippen LogP contribution in [0.15, 0.2) is 40.9 Å². The van der Waals surface area contributed by atoms with Crippen LogP contribution in [0.25, 0.3) is 0 Å². The maximum absolute atomic E-state index is 5.98. The molecule has 0 heterocycles. The molecule has 20 heavy (non-hydrogen) atoms. The summed E-state index contributed by atoms with van der Waals surface area (Å²) in [5, 5.41) is 0. The number of ether oxygens (including phenoxy) is 2. The molecule has 0 fully saturated rings. The van der Waals surface area contributed by atoms with Crippen molar-refractivity contribution in [2.75, 3.05) is 12.8 Å². The largest absolute Gasteiger partial charge is 0.496 e. The van der Waals surface area contributed by atoms with Crippen LogP contribution < -0.4 is 15.2 Å². The summed E-state index contributed by atoms with van der Waals surface area (Å²) < 4.78 is 11.9. The average molecular weight is 336 g/mol. The molecule has 0 saturated carbocycles. The van der Waals surface area contributed by atoms with Crippen molar-refractivity contribution in [3.63, 3.8) is 0 Å². The van der Waals surface area contributed by atoms with Gasteiger partial charge >= 0.3 is 0 Å². The molecule has 2 aromatic carbocycles. The fourth-order valence-electron chi connectivity index (χ4n) is 1.91. The molecule has 0 atom stereocenters. The predicted molar refractivity (Wildman–Crippen MR) is 85.3 cm³/mol. The number of methoxy groups -OCH3 is 1. The minimum Gasteiger partial charge on any atom is -0.496 e. The van der Waals surface area contributed by atoms with E-state index < -0.39 is 0 Å². The number of hydrogen-bond donors (Lipinski definition) is 1. The lowest BCUT2D eigenvalue weighted by atomic mass is 10.1. The lowest BCUT2D eigenvalue weighted by molar-refractivity contribution is 0.307. The number of nitrogens with two attached hydrogens (primary N) is 1. The molecule has 0 saturated heterocycles. The van der Waals surface area contributed by atoms with Crippen LogP contribution in [0, 0.1) is 0 Å². The smallest absolute Gasteiger partial charge is 0.142 e. The highest BCUT2D eigenvalue weighted by Crippen LogP contribution is 2.27. The van der Waals surface area contributed by atoms with Gasteiger partial charge < -0.3 is 15.2 Å². The minimum absolute atomic E-state index is 0.471. The third-order valence-electron chi connectivity index (χ3n) is 3.09. The SMILES string of the molecule is CCc1ccc(OCc2ccc(OC)c(Br)c2)c(N)c1. The van der Waals surface area contributed by atoms with Gasteiger partial charge in [0.15, 0.2) is 0 Å². The Morgan fingerprint density at radius 1 is 1.05 bits per heavy atom. The first kappa shape index (κ1) is 14.7. The van der Waals surface area contributed by atoms with Crippen LogP contribution in [0.4, 0.5) is 5.69 Å². The van der Waals surface area contributed by atoms with Gasteiger partial charge in [-0.2, -0.15) is 0 Å². The second-order valence-electron chi connectivity index (χ2n) is 4.48. The minimum atomic E-state index is 0.471. The summed E-state index contributed by atoms with van der Waals surface area (Å²) in [6.45, 7) is 2.57. The molecule has 0 unspecified atom stereocenters. The normalized spacial score (nSPS) is 10.3. The van der Waals surface area contributed by atoms with Crippen molar-refractivity contribution in [3.05, 3.63) is 52.0 Å². The van der Waals surface area contributed by atoms with E-state index in [0.29, 0.717) is 18.0 Å². The fraction of sp³-hybridized carbons (Fsp3) is 0.250. The monoisotopic (exact) mass is 335 g/mol. The van der Waals surface area contributed by atoms with E-state index in [4.69, 9.17) is 15.2 Å². The van der Waals surface area contributed by atoms with Gasteiger partial charge in [0.05, 0.1) is 17.3 Å². The average Bonchev–Trinajstić information content (AvgIpc) is 2.46. The molecule has 106 valence electrons. The first-order valence-electron chi connectivity index (χ1n) is 6.47. The third-order valence-corrected chi connectivity index (χ3v) is 3.71. The number of anilines is 1. The van der Waals surface area contributed by atoms with Gasteiger partial charge in [0, 0.05) is 0 Å². The lowest BCUT2D eigenvalue weighted by Crippen LogP contribution is -2.00. The number of rotatable bonds is 5. The molecule has 0 bridgehead atoms. The number of halogens is 1. The molecule has 0 spiro atoms. The Balaban J connectivity index is 2.07. The zero-order valence-electron chi connectivity index (χ0n) is 11.7. The lowest BCUT2D eigenvalue weighted by Gasteiger charge is -2.11. The quantitative estimate of drug-likeness (QED) is 0.833. The molecule has 0 aliphatic rings. The van der Waals surface area contributed by atoms with Gasteiger partial charge in [-0.05, 0) is 57.7 Å². The van der Waals surface area contributed by atoms with Crippen molar-refractivity contribution in [1.29, 1.82) is 0 Å². The Bertz CT molecular complexity index is 599. The standard InChI is InChI=1S/C16H18BrNO2/c1-3-11-4-7-16(14(18)9-11)20-10-12-5-6-15(19-2)13(17)8-12/h4-9H,3,10,18H2,1-2H3. The van der Waals surface area contributed by atoms with Crippen molar-refractivity contribution in [2.24, 2.45) is 0 Å². The summed E-state index contributed by atoms with van der Waals surface area (Å²) in [6.07, 6.45) is 0.968. The molecule has 3 nitrogen and oxygen atoms in total. The second-order valence-corrected chi connectivity index (χ2v) is 5.34. The van der Waals surface area contributed by atoms with Crippen LogP contribution in [0.1, 0.15) is 18.1 Å². The summed E-state index contributed by atoms with van der Waals surface area (Å²) in [4.78, 5) is 0. The number of nitrogen functional groups attached to an aromatic ring is 1. The van der Waals surface area contributed by atoms with Gasteiger partial charge in [-0.15, -0.1) is 0 Å². The van der Waals surface area contributed by atoms with Crippen molar-refractivity contribution in [1.82, 2.24) is 0 Å². The first-order valence-corrected chi connectivity index (χ1v) is 7.27. The van der Waals surface area contributed by atoms with Crippen LogP contribution in [0.2, 0.25) is 0 Å². The number of aryl methyl sites for hydroxylation is 1. The second kappa shape index (κ2) is 6.66. The summed E-state index contributed by atoms with van der Waals surface area (Å²) in [7, 11) is 1.65. The Morgan fingerprint density at radius 3 is 2.35 bits per heavy atom. The van der Waals surface area contributed by atoms with E-state index in [1.54, 1.807) is 7.11 Å². The zero-order valence-corrected chi connectivity index (χ0v) is 13.2. The molecular weight excluding hydrogens is 318 g/mol. The number of benzene rings is 2. The Labute approximate surface area is 127 Å². The van der Waals surface area contributed by atoms with Crippen molar-refractivity contribution < 1.29 is 9.47 Å². The molecule has 2 N–H and O–H groups in total. The highest BCUT2D eigenvalue weighted by molar-refractivity contribution is 9.10. The predicted octanol–water partition coefficient (Wildman–Crippen LogP) is 4.18. The van der Waals surface area contributed by atoms with Crippen LogP contribution in [-0.4, -0.2) is 7.11 Å². The van der Waals surface area contributed by atoms with Gasteiger partial charge in [-0.3, -0.25) is 0 Å². The maximum atomic E-state index is 5.98. The molecule has 0 aliphatic carbocycles. The Kier molecular flexibility index (Phi) is 4.90. The van der Waals surface area contributed by atoms with Gasteiger partial charge in [-0.1, -0.05) is 19.1 Å².